The highest BCUT2D eigenvalue weighted by molar-refractivity contribution is 5.82. The maximum Gasteiger partial charge on any atom is 0.331 e. The summed E-state index contributed by atoms with van der Waals surface area (Å²) in [4.78, 5) is 19.7. The highest BCUT2D eigenvalue weighted by atomic mass is 16.5. The van der Waals surface area contributed by atoms with Crippen molar-refractivity contribution in [2.24, 2.45) is 0 Å². The van der Waals surface area contributed by atoms with Crippen LogP contribution in [0.2, 0.25) is 0 Å². The minimum absolute atomic E-state index is 0.138. The first kappa shape index (κ1) is 11.8. The van der Waals surface area contributed by atoms with Crippen LogP contribution in [-0.4, -0.2) is 39.8 Å². The molecule has 1 unspecified atom stereocenters. The number of nitrogens with zero attached hydrogens (tertiary/aromatic N) is 2. The van der Waals surface area contributed by atoms with E-state index in [1.165, 1.54) is 0 Å². The van der Waals surface area contributed by atoms with Gasteiger partial charge >= 0.3 is 5.97 Å². The Balaban J connectivity index is 2.26. The van der Waals surface area contributed by atoms with Gasteiger partial charge in [0.15, 0.2) is 5.54 Å². The summed E-state index contributed by atoms with van der Waals surface area (Å²) in [5.41, 5.74) is 0.513. The van der Waals surface area contributed by atoms with Crippen LogP contribution in [0.15, 0.2) is 6.07 Å². The summed E-state index contributed by atoms with van der Waals surface area (Å²) in [6.07, 6.45) is 0.415. The Morgan fingerprint density at radius 1 is 1.47 bits per heavy atom. The molecule has 1 aromatic heterocycles. The van der Waals surface area contributed by atoms with Gasteiger partial charge < -0.3 is 15.2 Å². The second-order valence-electron chi connectivity index (χ2n) is 4.29. The molecule has 0 spiro atoms. The molecule has 17 heavy (non-hydrogen) atoms. The highest BCUT2D eigenvalue weighted by Crippen LogP contribution is 2.23. The molecule has 2 heterocycles. The largest absolute Gasteiger partial charge is 0.479 e. The summed E-state index contributed by atoms with van der Waals surface area (Å²) in [7, 11) is 0. The summed E-state index contributed by atoms with van der Waals surface area (Å²) in [6.45, 7) is 4.26. The van der Waals surface area contributed by atoms with Crippen molar-refractivity contribution in [3.8, 4) is 0 Å². The zero-order valence-electron chi connectivity index (χ0n) is 9.86. The maximum absolute atomic E-state index is 11.3. The smallest absolute Gasteiger partial charge is 0.331 e. The highest BCUT2D eigenvalue weighted by Gasteiger charge is 2.43. The Kier molecular flexibility index (Phi) is 2.97. The van der Waals surface area contributed by atoms with Crippen LogP contribution >= 0.6 is 0 Å². The van der Waals surface area contributed by atoms with E-state index in [1.54, 1.807) is 0 Å². The molecule has 1 aliphatic heterocycles. The molecule has 2 rings (SSSR count). The van der Waals surface area contributed by atoms with Gasteiger partial charge in [0, 0.05) is 24.4 Å². The molecular formula is C11H15N3O3. The number of aryl methyl sites for hydroxylation is 2. The lowest BCUT2D eigenvalue weighted by Crippen LogP contribution is -2.47. The monoisotopic (exact) mass is 237 g/mol. The van der Waals surface area contributed by atoms with E-state index in [-0.39, 0.29) is 6.61 Å². The third-order valence-corrected chi connectivity index (χ3v) is 2.76. The second kappa shape index (κ2) is 4.29. The summed E-state index contributed by atoms with van der Waals surface area (Å²) >= 11 is 0. The van der Waals surface area contributed by atoms with Gasteiger partial charge in [-0.2, -0.15) is 0 Å². The van der Waals surface area contributed by atoms with Gasteiger partial charge in [0.05, 0.1) is 6.61 Å². The molecule has 1 aromatic rings. The van der Waals surface area contributed by atoms with Crippen molar-refractivity contribution in [2.45, 2.75) is 25.8 Å². The number of ether oxygens (including phenoxy) is 1. The van der Waals surface area contributed by atoms with Gasteiger partial charge in [-0.25, -0.2) is 14.8 Å². The average molecular weight is 237 g/mol. The van der Waals surface area contributed by atoms with Crippen molar-refractivity contribution in [1.29, 1.82) is 0 Å². The van der Waals surface area contributed by atoms with Crippen LogP contribution in [0.5, 0.6) is 0 Å². The Morgan fingerprint density at radius 2 is 2.12 bits per heavy atom. The fourth-order valence-electron chi connectivity index (χ4n) is 1.88. The van der Waals surface area contributed by atoms with Crippen LogP contribution in [0.1, 0.15) is 17.8 Å². The molecule has 0 saturated carbocycles. The number of carboxylic acids is 1. The summed E-state index contributed by atoms with van der Waals surface area (Å²) in [6, 6.07) is 1.84. The third-order valence-electron chi connectivity index (χ3n) is 2.76. The molecule has 0 amide bonds. The van der Waals surface area contributed by atoms with Crippen LogP contribution in [0.3, 0.4) is 0 Å². The SMILES string of the molecule is Cc1cc(C)nc(NC2(C(=O)O)CCOC2)n1. The lowest BCUT2D eigenvalue weighted by atomic mass is 9.99. The number of rotatable bonds is 3. The molecule has 1 saturated heterocycles. The molecular weight excluding hydrogens is 222 g/mol. The fourth-order valence-corrected chi connectivity index (χ4v) is 1.88. The van der Waals surface area contributed by atoms with Gasteiger partial charge in [-0.3, -0.25) is 0 Å². The molecule has 6 heteroatoms. The Bertz CT molecular complexity index is 421. The standard InChI is InChI=1S/C11H15N3O3/c1-7-5-8(2)13-10(12-7)14-11(9(15)16)3-4-17-6-11/h5H,3-4,6H2,1-2H3,(H,15,16)(H,12,13,14). The molecule has 6 nitrogen and oxygen atoms in total. The number of anilines is 1. The fraction of sp³-hybridized carbons (Fsp3) is 0.545. The van der Waals surface area contributed by atoms with Gasteiger partial charge in [0.1, 0.15) is 0 Å². The number of aromatic nitrogens is 2. The molecule has 2 N–H and O–H groups in total. The van der Waals surface area contributed by atoms with Gasteiger partial charge in [0.25, 0.3) is 0 Å². The molecule has 0 bridgehead atoms. The predicted octanol–water partition coefficient (Wildman–Crippen LogP) is 0.749. The number of aliphatic carboxylic acids is 1. The van der Waals surface area contributed by atoms with E-state index in [0.29, 0.717) is 19.0 Å². The van der Waals surface area contributed by atoms with Gasteiger partial charge in [-0.15, -0.1) is 0 Å². The molecule has 1 aliphatic rings. The van der Waals surface area contributed by atoms with Gasteiger partial charge in [-0.05, 0) is 19.9 Å². The van der Waals surface area contributed by atoms with E-state index in [4.69, 9.17) is 4.74 Å². The molecule has 0 radical (unpaired) electrons. The van der Waals surface area contributed by atoms with Gasteiger partial charge in [0.2, 0.25) is 5.95 Å². The van der Waals surface area contributed by atoms with E-state index in [0.717, 1.165) is 11.4 Å². The van der Waals surface area contributed by atoms with Crippen molar-refractivity contribution < 1.29 is 14.6 Å². The zero-order valence-corrected chi connectivity index (χ0v) is 9.86. The molecule has 1 atom stereocenters. The first-order chi connectivity index (χ1) is 8.02. The number of carboxylic acid groups (broad SMARTS) is 1. The topological polar surface area (TPSA) is 84.3 Å². The summed E-state index contributed by atoms with van der Waals surface area (Å²) in [5.74, 6) is -0.590. The van der Waals surface area contributed by atoms with Crippen molar-refractivity contribution in [2.75, 3.05) is 18.5 Å². The predicted molar refractivity (Wildman–Crippen MR) is 60.9 cm³/mol. The molecule has 0 aromatic carbocycles. The number of nitrogens with one attached hydrogen (secondary N) is 1. The number of hydrogen-bond acceptors (Lipinski definition) is 5. The number of hydrogen-bond donors (Lipinski definition) is 2. The minimum Gasteiger partial charge on any atom is -0.479 e. The van der Waals surface area contributed by atoms with E-state index in [2.05, 4.69) is 15.3 Å². The quantitative estimate of drug-likeness (QED) is 0.807. The van der Waals surface area contributed by atoms with Crippen molar-refractivity contribution in [3.63, 3.8) is 0 Å². The lowest BCUT2D eigenvalue weighted by Gasteiger charge is -2.23. The minimum atomic E-state index is -1.10. The van der Waals surface area contributed by atoms with E-state index >= 15 is 0 Å². The average Bonchev–Trinajstić information content (AvgIpc) is 2.65. The van der Waals surface area contributed by atoms with Crippen molar-refractivity contribution in [1.82, 2.24) is 9.97 Å². The van der Waals surface area contributed by atoms with Crippen LogP contribution < -0.4 is 5.32 Å². The zero-order chi connectivity index (χ0) is 12.5. The summed E-state index contributed by atoms with van der Waals surface area (Å²) in [5, 5.41) is 12.2. The van der Waals surface area contributed by atoms with Crippen LogP contribution in [0.4, 0.5) is 5.95 Å². The first-order valence-corrected chi connectivity index (χ1v) is 5.43. The Morgan fingerprint density at radius 3 is 2.59 bits per heavy atom. The van der Waals surface area contributed by atoms with Crippen LogP contribution in [0.25, 0.3) is 0 Å². The summed E-state index contributed by atoms with van der Waals surface area (Å²) < 4.78 is 5.16. The van der Waals surface area contributed by atoms with Crippen LogP contribution in [0, 0.1) is 13.8 Å². The normalized spacial score (nSPS) is 23.6. The van der Waals surface area contributed by atoms with E-state index < -0.39 is 11.5 Å². The Hall–Kier alpha value is -1.69. The molecule has 1 fully saturated rings. The first-order valence-electron chi connectivity index (χ1n) is 5.43. The van der Waals surface area contributed by atoms with Crippen molar-refractivity contribution in [3.05, 3.63) is 17.5 Å². The van der Waals surface area contributed by atoms with E-state index in [1.807, 2.05) is 19.9 Å². The van der Waals surface area contributed by atoms with Crippen LogP contribution in [-0.2, 0) is 9.53 Å². The lowest BCUT2D eigenvalue weighted by molar-refractivity contribution is -0.142. The van der Waals surface area contributed by atoms with E-state index in [9.17, 15) is 9.90 Å². The molecule has 92 valence electrons. The Labute approximate surface area is 99.0 Å². The van der Waals surface area contributed by atoms with Gasteiger partial charge in [-0.1, -0.05) is 0 Å². The second-order valence-corrected chi connectivity index (χ2v) is 4.29. The number of carbonyl (C=O) groups is 1. The molecule has 0 aliphatic carbocycles. The third kappa shape index (κ3) is 2.36. The maximum atomic E-state index is 11.3. The van der Waals surface area contributed by atoms with Crippen molar-refractivity contribution >= 4 is 11.9 Å².